The third kappa shape index (κ3) is 4.87. The van der Waals surface area contributed by atoms with Gasteiger partial charge in [0.05, 0.1) is 25.7 Å². The van der Waals surface area contributed by atoms with Crippen molar-refractivity contribution in [1.29, 1.82) is 5.41 Å². The molecule has 0 bridgehead atoms. The van der Waals surface area contributed by atoms with Gasteiger partial charge in [-0.3, -0.25) is 15.0 Å². The average molecular weight is 424 g/mol. The maximum atomic E-state index is 13.3. The van der Waals surface area contributed by atoms with Gasteiger partial charge in [0.2, 0.25) is 0 Å². The molecule has 1 saturated carbocycles. The third-order valence-electron chi connectivity index (χ3n) is 6.06. The maximum Gasteiger partial charge on any atom is 0.308 e. The number of nitrogens with one attached hydrogen (secondary N) is 1. The van der Waals surface area contributed by atoms with E-state index in [9.17, 15) is 9.59 Å². The van der Waals surface area contributed by atoms with E-state index in [-0.39, 0.29) is 29.7 Å². The molecule has 0 heterocycles. The standard InChI is InChI=1S/C24H29N3O4/c1-27(19-11-8-17(9-12-19)24(29)31-3)23(28)20-14-18(10-13-21(20)30-2)15-4-6-16(7-5-15)22(25)26/h4-7,10,13-14,17,19H,8-9,11-12H2,1-3H3,(H3,25,26). The smallest absolute Gasteiger partial charge is 0.308 e. The molecule has 0 atom stereocenters. The summed E-state index contributed by atoms with van der Waals surface area (Å²) in [5.74, 6) is 0.170. The van der Waals surface area contributed by atoms with Crippen molar-refractivity contribution < 1.29 is 19.1 Å². The van der Waals surface area contributed by atoms with E-state index < -0.39 is 0 Å². The van der Waals surface area contributed by atoms with E-state index in [1.807, 2.05) is 24.3 Å². The molecule has 0 radical (unpaired) electrons. The fourth-order valence-corrected chi connectivity index (χ4v) is 4.12. The van der Waals surface area contributed by atoms with E-state index in [1.165, 1.54) is 7.11 Å². The number of hydrogen-bond donors (Lipinski definition) is 2. The quantitative estimate of drug-likeness (QED) is 0.421. The van der Waals surface area contributed by atoms with Gasteiger partial charge in [-0.15, -0.1) is 0 Å². The van der Waals surface area contributed by atoms with Crippen molar-refractivity contribution in [2.24, 2.45) is 11.7 Å². The lowest BCUT2D eigenvalue weighted by atomic mass is 9.85. The van der Waals surface area contributed by atoms with Crippen LogP contribution in [0, 0.1) is 11.3 Å². The van der Waals surface area contributed by atoms with Gasteiger partial charge < -0.3 is 20.1 Å². The van der Waals surface area contributed by atoms with Gasteiger partial charge in [0.25, 0.3) is 5.91 Å². The van der Waals surface area contributed by atoms with Gasteiger partial charge in [-0.1, -0.05) is 30.3 Å². The lowest BCUT2D eigenvalue weighted by molar-refractivity contribution is -0.146. The number of esters is 1. The predicted octanol–water partition coefficient (Wildman–Crippen LogP) is 3.45. The SMILES string of the molecule is COC(=O)C1CCC(N(C)C(=O)c2cc(-c3ccc(C(=N)N)cc3)ccc2OC)CC1. The number of benzene rings is 2. The van der Waals surface area contributed by atoms with E-state index in [0.29, 0.717) is 29.7 Å². The molecule has 0 unspecified atom stereocenters. The topological polar surface area (TPSA) is 106 Å². The molecule has 164 valence electrons. The molecule has 0 aliphatic heterocycles. The van der Waals surface area contributed by atoms with Gasteiger partial charge in [0, 0.05) is 18.7 Å². The molecule has 1 aliphatic carbocycles. The Morgan fingerprint density at radius 1 is 1.00 bits per heavy atom. The van der Waals surface area contributed by atoms with Crippen LogP contribution in [-0.2, 0) is 9.53 Å². The van der Waals surface area contributed by atoms with Crippen molar-refractivity contribution in [3.63, 3.8) is 0 Å². The lowest BCUT2D eigenvalue weighted by Crippen LogP contribution is -2.40. The van der Waals surface area contributed by atoms with Crippen LogP contribution in [0.4, 0.5) is 0 Å². The Morgan fingerprint density at radius 2 is 1.61 bits per heavy atom. The summed E-state index contributed by atoms with van der Waals surface area (Å²) in [6.45, 7) is 0. The minimum Gasteiger partial charge on any atom is -0.496 e. The highest BCUT2D eigenvalue weighted by Crippen LogP contribution is 2.31. The van der Waals surface area contributed by atoms with Crippen LogP contribution in [0.1, 0.15) is 41.6 Å². The van der Waals surface area contributed by atoms with Crippen LogP contribution in [-0.4, -0.2) is 49.9 Å². The maximum absolute atomic E-state index is 13.3. The first-order valence-corrected chi connectivity index (χ1v) is 10.3. The molecule has 1 amide bonds. The zero-order valence-corrected chi connectivity index (χ0v) is 18.2. The van der Waals surface area contributed by atoms with Crippen LogP contribution in [0.15, 0.2) is 42.5 Å². The number of amidine groups is 1. The summed E-state index contributed by atoms with van der Waals surface area (Å²) in [7, 11) is 4.77. The number of nitrogens with zero attached hydrogens (tertiary/aromatic N) is 1. The summed E-state index contributed by atoms with van der Waals surface area (Å²) in [5, 5.41) is 7.53. The zero-order chi connectivity index (χ0) is 22.5. The van der Waals surface area contributed by atoms with Gasteiger partial charge in [-0.25, -0.2) is 0 Å². The van der Waals surface area contributed by atoms with Gasteiger partial charge in [-0.05, 0) is 48.9 Å². The first kappa shape index (κ1) is 22.3. The largest absolute Gasteiger partial charge is 0.496 e. The van der Waals surface area contributed by atoms with Crippen molar-refractivity contribution in [3.05, 3.63) is 53.6 Å². The normalized spacial score (nSPS) is 18.2. The van der Waals surface area contributed by atoms with Crippen LogP contribution < -0.4 is 10.5 Å². The second-order valence-electron chi connectivity index (χ2n) is 7.85. The van der Waals surface area contributed by atoms with Crippen LogP contribution in [0.2, 0.25) is 0 Å². The summed E-state index contributed by atoms with van der Waals surface area (Å²) in [6, 6.07) is 12.9. The van der Waals surface area contributed by atoms with E-state index in [4.69, 9.17) is 20.6 Å². The highest BCUT2D eigenvalue weighted by Gasteiger charge is 2.31. The molecule has 0 aromatic heterocycles. The molecule has 2 aromatic rings. The zero-order valence-electron chi connectivity index (χ0n) is 18.2. The summed E-state index contributed by atoms with van der Waals surface area (Å²) in [5.41, 5.74) is 8.47. The van der Waals surface area contributed by atoms with Gasteiger partial charge >= 0.3 is 5.97 Å². The number of carbonyl (C=O) groups excluding carboxylic acids is 2. The van der Waals surface area contributed by atoms with Crippen LogP contribution in [0.3, 0.4) is 0 Å². The first-order valence-electron chi connectivity index (χ1n) is 10.3. The van der Waals surface area contributed by atoms with Gasteiger partial charge in [-0.2, -0.15) is 0 Å². The Kier molecular flexibility index (Phi) is 6.95. The second kappa shape index (κ2) is 9.64. The number of hydrogen-bond acceptors (Lipinski definition) is 5. The number of nitrogens with two attached hydrogens (primary N) is 1. The monoisotopic (exact) mass is 423 g/mol. The highest BCUT2D eigenvalue weighted by molar-refractivity contribution is 5.98. The second-order valence-corrected chi connectivity index (χ2v) is 7.85. The molecule has 0 spiro atoms. The van der Waals surface area contributed by atoms with E-state index in [0.717, 1.165) is 24.0 Å². The Labute approximate surface area is 182 Å². The number of nitrogen functional groups attached to an aromatic ring is 1. The number of ether oxygens (including phenoxy) is 2. The molecular formula is C24H29N3O4. The van der Waals surface area contributed by atoms with E-state index in [1.54, 1.807) is 37.3 Å². The Bertz CT molecular complexity index is 963. The summed E-state index contributed by atoms with van der Waals surface area (Å²) >= 11 is 0. The molecule has 0 saturated heterocycles. The van der Waals surface area contributed by atoms with Crippen molar-refractivity contribution >= 4 is 17.7 Å². The first-order chi connectivity index (χ1) is 14.8. The fraction of sp³-hybridized carbons (Fsp3) is 0.375. The summed E-state index contributed by atoms with van der Waals surface area (Å²) in [4.78, 5) is 26.9. The minimum atomic E-state index is -0.169. The molecule has 1 aliphatic rings. The summed E-state index contributed by atoms with van der Waals surface area (Å²) in [6.07, 6.45) is 2.95. The summed E-state index contributed by atoms with van der Waals surface area (Å²) < 4.78 is 10.3. The number of carbonyl (C=O) groups is 2. The molecule has 7 heteroatoms. The Hall–Kier alpha value is -3.35. The van der Waals surface area contributed by atoms with Crippen molar-refractivity contribution in [3.8, 4) is 16.9 Å². The number of rotatable bonds is 6. The van der Waals surface area contributed by atoms with Crippen molar-refractivity contribution in [2.75, 3.05) is 21.3 Å². The number of amides is 1. The fourth-order valence-electron chi connectivity index (χ4n) is 4.12. The van der Waals surface area contributed by atoms with Crippen LogP contribution >= 0.6 is 0 Å². The number of methoxy groups -OCH3 is 2. The minimum absolute atomic E-state index is 0.0145. The molecule has 3 N–H and O–H groups in total. The molecule has 3 rings (SSSR count). The predicted molar refractivity (Wildman–Crippen MR) is 119 cm³/mol. The van der Waals surface area contributed by atoms with Crippen molar-refractivity contribution in [1.82, 2.24) is 4.90 Å². The lowest BCUT2D eigenvalue weighted by Gasteiger charge is -2.34. The Morgan fingerprint density at radius 3 is 2.16 bits per heavy atom. The van der Waals surface area contributed by atoms with E-state index in [2.05, 4.69) is 0 Å². The van der Waals surface area contributed by atoms with Crippen LogP contribution in [0.25, 0.3) is 11.1 Å². The van der Waals surface area contributed by atoms with Gasteiger partial charge in [0.1, 0.15) is 11.6 Å². The van der Waals surface area contributed by atoms with Crippen molar-refractivity contribution in [2.45, 2.75) is 31.7 Å². The van der Waals surface area contributed by atoms with Gasteiger partial charge in [0.15, 0.2) is 0 Å². The molecular weight excluding hydrogens is 394 g/mol. The van der Waals surface area contributed by atoms with Crippen LogP contribution in [0.5, 0.6) is 5.75 Å². The molecule has 2 aromatic carbocycles. The van der Waals surface area contributed by atoms with E-state index >= 15 is 0 Å². The highest BCUT2D eigenvalue weighted by atomic mass is 16.5. The molecule has 1 fully saturated rings. The average Bonchev–Trinajstić information content (AvgIpc) is 2.82. The molecule has 31 heavy (non-hydrogen) atoms. The third-order valence-corrected chi connectivity index (χ3v) is 6.06. The molecule has 7 nitrogen and oxygen atoms in total. The Balaban J connectivity index is 1.80.